The average molecular weight is 499 g/mol. The zero-order valence-electron chi connectivity index (χ0n) is 17.6. The zero-order valence-corrected chi connectivity index (χ0v) is 20.0. The molecule has 1 amide bonds. The lowest BCUT2D eigenvalue weighted by Crippen LogP contribution is -2.28. The van der Waals surface area contributed by atoms with Crippen LogP contribution in [0.1, 0.15) is 56.7 Å². The van der Waals surface area contributed by atoms with E-state index in [1.54, 1.807) is 0 Å². The number of nitrogens with zero attached hydrogens (tertiary/aromatic N) is 3. The highest BCUT2D eigenvalue weighted by Gasteiger charge is 2.24. The van der Waals surface area contributed by atoms with Crippen molar-refractivity contribution in [2.75, 3.05) is 5.75 Å². The highest BCUT2D eigenvalue weighted by molar-refractivity contribution is 9.10. The molecule has 0 radical (unpaired) electrons. The summed E-state index contributed by atoms with van der Waals surface area (Å²) in [7, 11) is 0. The molecule has 1 aromatic heterocycles. The third kappa shape index (κ3) is 5.57. The van der Waals surface area contributed by atoms with E-state index < -0.39 is 0 Å². The first-order chi connectivity index (χ1) is 15.1. The minimum Gasteiger partial charge on any atom is -0.349 e. The summed E-state index contributed by atoms with van der Waals surface area (Å²) in [4.78, 5) is 12.6. The lowest BCUT2D eigenvalue weighted by Gasteiger charge is -2.25. The van der Waals surface area contributed by atoms with Crippen molar-refractivity contribution in [2.24, 2.45) is 0 Å². The second-order valence-electron chi connectivity index (χ2n) is 7.96. The normalized spacial score (nSPS) is 15.5. The number of aromatic nitrogens is 3. The van der Waals surface area contributed by atoms with Crippen LogP contribution < -0.4 is 5.32 Å². The highest BCUT2D eigenvalue weighted by Crippen LogP contribution is 2.35. The Hall–Kier alpha value is -2.12. The molecule has 31 heavy (non-hydrogen) atoms. The fourth-order valence-corrected chi connectivity index (χ4v) is 5.16. The van der Waals surface area contributed by atoms with Crippen LogP contribution in [0.3, 0.4) is 0 Å². The molecule has 1 aliphatic carbocycles. The van der Waals surface area contributed by atoms with Gasteiger partial charge in [-0.2, -0.15) is 0 Å². The summed E-state index contributed by atoms with van der Waals surface area (Å²) < 4.78 is 3.31. The van der Waals surface area contributed by atoms with Crippen LogP contribution in [0.4, 0.5) is 0 Å². The third-order valence-electron chi connectivity index (χ3n) is 5.72. The fraction of sp³-hybridized carbons (Fsp3) is 0.375. The summed E-state index contributed by atoms with van der Waals surface area (Å²) in [5.74, 6) is 1.22. The molecule has 4 rings (SSSR count). The van der Waals surface area contributed by atoms with Gasteiger partial charge in [-0.25, -0.2) is 0 Å². The van der Waals surface area contributed by atoms with E-state index in [-0.39, 0.29) is 11.9 Å². The summed E-state index contributed by atoms with van der Waals surface area (Å²) in [5.41, 5.74) is 2.15. The van der Waals surface area contributed by atoms with Crippen LogP contribution in [0.2, 0.25) is 0 Å². The molecular formula is C24H27BrN4OS. The SMILES string of the molecule is CC(NC(=O)CSc1nnc(-c2ccc(Br)cc2)n1C1CCCCC1)c1ccccc1. The Balaban J connectivity index is 1.49. The number of halogens is 1. The summed E-state index contributed by atoms with van der Waals surface area (Å²) in [5, 5.41) is 12.9. The minimum absolute atomic E-state index is 0.00439. The quantitative estimate of drug-likeness (QED) is 0.395. The Labute approximate surface area is 196 Å². The Morgan fingerprint density at radius 3 is 2.52 bits per heavy atom. The Morgan fingerprint density at radius 1 is 1.10 bits per heavy atom. The molecule has 1 heterocycles. The predicted octanol–water partition coefficient (Wildman–Crippen LogP) is 6.18. The summed E-state index contributed by atoms with van der Waals surface area (Å²) in [6.45, 7) is 2.01. The lowest BCUT2D eigenvalue weighted by molar-refractivity contribution is -0.119. The van der Waals surface area contributed by atoms with Crippen LogP contribution in [0, 0.1) is 0 Å². The van der Waals surface area contributed by atoms with E-state index in [4.69, 9.17) is 0 Å². The van der Waals surface area contributed by atoms with Crippen molar-refractivity contribution >= 4 is 33.6 Å². The van der Waals surface area contributed by atoms with Gasteiger partial charge < -0.3 is 5.32 Å². The molecule has 0 spiro atoms. The van der Waals surface area contributed by atoms with Gasteiger partial charge >= 0.3 is 0 Å². The number of benzene rings is 2. The molecule has 1 saturated carbocycles. The van der Waals surface area contributed by atoms with Gasteiger partial charge in [0.15, 0.2) is 11.0 Å². The first-order valence-corrected chi connectivity index (χ1v) is 12.6. The number of carbonyl (C=O) groups excluding carboxylic acids is 1. The van der Waals surface area contributed by atoms with Crippen LogP contribution in [-0.4, -0.2) is 26.4 Å². The molecule has 1 aliphatic rings. The van der Waals surface area contributed by atoms with Crippen molar-refractivity contribution < 1.29 is 4.79 Å². The second kappa shape index (κ2) is 10.5. The smallest absolute Gasteiger partial charge is 0.230 e. The first-order valence-electron chi connectivity index (χ1n) is 10.8. The van der Waals surface area contributed by atoms with E-state index in [0.29, 0.717) is 11.8 Å². The summed E-state index contributed by atoms with van der Waals surface area (Å²) >= 11 is 4.98. The summed E-state index contributed by atoms with van der Waals surface area (Å²) in [6.07, 6.45) is 6.00. The molecule has 1 unspecified atom stereocenters. The van der Waals surface area contributed by atoms with Gasteiger partial charge in [0.25, 0.3) is 0 Å². The maximum atomic E-state index is 12.6. The van der Waals surface area contributed by atoms with E-state index in [1.165, 1.54) is 31.0 Å². The van der Waals surface area contributed by atoms with Gasteiger partial charge in [0.2, 0.25) is 5.91 Å². The fourth-order valence-electron chi connectivity index (χ4n) is 4.08. The van der Waals surface area contributed by atoms with Gasteiger partial charge in [-0.05, 0) is 37.5 Å². The Morgan fingerprint density at radius 2 is 1.81 bits per heavy atom. The minimum atomic E-state index is -0.0242. The van der Waals surface area contributed by atoms with Crippen molar-refractivity contribution in [3.05, 3.63) is 64.6 Å². The summed E-state index contributed by atoms with van der Waals surface area (Å²) in [6, 6.07) is 18.6. The van der Waals surface area contributed by atoms with Gasteiger partial charge in [0, 0.05) is 16.1 Å². The molecule has 162 valence electrons. The largest absolute Gasteiger partial charge is 0.349 e. The number of amides is 1. The van der Waals surface area contributed by atoms with Gasteiger partial charge in [-0.1, -0.05) is 89.4 Å². The topological polar surface area (TPSA) is 59.8 Å². The molecule has 3 aromatic rings. The molecule has 1 fully saturated rings. The monoisotopic (exact) mass is 498 g/mol. The van der Waals surface area contributed by atoms with Crippen molar-refractivity contribution in [2.45, 2.75) is 56.3 Å². The van der Waals surface area contributed by atoms with Crippen LogP contribution in [0.15, 0.2) is 64.2 Å². The van der Waals surface area contributed by atoms with Crippen LogP contribution in [0.5, 0.6) is 0 Å². The van der Waals surface area contributed by atoms with Gasteiger partial charge in [0.1, 0.15) is 0 Å². The number of hydrogen-bond acceptors (Lipinski definition) is 4. The van der Waals surface area contributed by atoms with Crippen LogP contribution in [0.25, 0.3) is 11.4 Å². The number of carbonyl (C=O) groups is 1. The average Bonchev–Trinajstić information content (AvgIpc) is 3.23. The predicted molar refractivity (Wildman–Crippen MR) is 129 cm³/mol. The van der Waals surface area contributed by atoms with Gasteiger partial charge in [-0.3, -0.25) is 9.36 Å². The van der Waals surface area contributed by atoms with E-state index in [1.807, 2.05) is 49.4 Å². The third-order valence-corrected chi connectivity index (χ3v) is 7.19. The van der Waals surface area contributed by atoms with Crippen LogP contribution >= 0.6 is 27.7 Å². The molecule has 0 aliphatic heterocycles. The van der Waals surface area contributed by atoms with E-state index in [0.717, 1.165) is 39.4 Å². The van der Waals surface area contributed by atoms with E-state index >= 15 is 0 Å². The van der Waals surface area contributed by atoms with Crippen LogP contribution in [-0.2, 0) is 4.79 Å². The van der Waals surface area contributed by atoms with Gasteiger partial charge in [-0.15, -0.1) is 10.2 Å². The van der Waals surface area contributed by atoms with Crippen molar-refractivity contribution in [3.8, 4) is 11.4 Å². The molecule has 0 bridgehead atoms. The van der Waals surface area contributed by atoms with Crippen molar-refractivity contribution in [1.29, 1.82) is 0 Å². The van der Waals surface area contributed by atoms with Gasteiger partial charge in [0.05, 0.1) is 11.8 Å². The zero-order chi connectivity index (χ0) is 21.6. The molecule has 0 saturated heterocycles. The number of thioether (sulfide) groups is 1. The molecule has 5 nitrogen and oxygen atoms in total. The second-order valence-corrected chi connectivity index (χ2v) is 9.82. The lowest BCUT2D eigenvalue weighted by atomic mass is 9.95. The number of nitrogens with one attached hydrogen (secondary N) is 1. The molecular weight excluding hydrogens is 472 g/mol. The molecule has 1 N–H and O–H groups in total. The molecule has 2 aromatic carbocycles. The first kappa shape index (κ1) is 22.1. The highest BCUT2D eigenvalue weighted by atomic mass is 79.9. The number of rotatable bonds is 7. The molecule has 7 heteroatoms. The van der Waals surface area contributed by atoms with E-state index in [9.17, 15) is 4.79 Å². The van der Waals surface area contributed by atoms with E-state index in [2.05, 4.69) is 48.1 Å². The molecule has 1 atom stereocenters. The Bertz CT molecular complexity index is 1000. The van der Waals surface area contributed by atoms with Crippen molar-refractivity contribution in [3.63, 3.8) is 0 Å². The van der Waals surface area contributed by atoms with Crippen molar-refractivity contribution in [1.82, 2.24) is 20.1 Å². The maximum absolute atomic E-state index is 12.6. The Kier molecular flexibility index (Phi) is 7.45. The standard InChI is InChI=1S/C24H27BrN4OS/c1-17(18-8-4-2-5-9-18)26-22(30)16-31-24-28-27-23(19-12-14-20(25)15-13-19)29(24)21-10-6-3-7-11-21/h2,4-5,8-9,12-15,17,21H,3,6-7,10-11,16H2,1H3,(H,26,30). The maximum Gasteiger partial charge on any atom is 0.230 e. The number of hydrogen-bond donors (Lipinski definition) is 1.